The van der Waals surface area contributed by atoms with Gasteiger partial charge in [0.25, 0.3) is 5.91 Å². The van der Waals surface area contributed by atoms with Gasteiger partial charge < -0.3 is 14.4 Å². The van der Waals surface area contributed by atoms with Gasteiger partial charge in [-0.25, -0.2) is 4.79 Å². The summed E-state index contributed by atoms with van der Waals surface area (Å²) in [6.45, 7) is 3.71. The maximum Gasteiger partial charge on any atom is 0.331 e. The van der Waals surface area contributed by atoms with Crippen LogP contribution in [0.15, 0.2) is 34.8 Å². The van der Waals surface area contributed by atoms with Gasteiger partial charge in [0.1, 0.15) is 0 Å². The van der Waals surface area contributed by atoms with E-state index in [1.165, 1.54) is 6.08 Å². The molecule has 1 heterocycles. The van der Waals surface area contributed by atoms with Crippen LogP contribution in [-0.2, 0) is 19.1 Å². The number of nitrogens with zero attached hydrogens (tertiary/aromatic N) is 1. The van der Waals surface area contributed by atoms with Crippen LogP contribution < -0.4 is 0 Å². The number of amides is 1. The monoisotopic (exact) mass is 367 g/mol. The molecule has 22 heavy (non-hydrogen) atoms. The molecule has 2 rings (SSSR count). The fourth-order valence-corrected chi connectivity index (χ4v) is 2.31. The summed E-state index contributed by atoms with van der Waals surface area (Å²) in [5, 5.41) is 0. The molecule has 0 N–H and O–H groups in total. The third-order valence-electron chi connectivity index (χ3n) is 3.25. The fourth-order valence-electron chi connectivity index (χ4n) is 2.04. The standard InChI is InChI=1S/C16H18BrNO4/c1-12(16(20)18-8-10-21-11-9-18)22-15(19)7-4-13-2-5-14(17)6-3-13/h2-7,12H,8-11H2,1H3/b7-4+. The summed E-state index contributed by atoms with van der Waals surface area (Å²) in [4.78, 5) is 25.5. The highest BCUT2D eigenvalue weighted by molar-refractivity contribution is 9.10. The second-order valence-electron chi connectivity index (χ2n) is 4.90. The molecule has 0 saturated carbocycles. The zero-order valence-electron chi connectivity index (χ0n) is 12.3. The molecule has 0 radical (unpaired) electrons. The van der Waals surface area contributed by atoms with Gasteiger partial charge in [-0.05, 0) is 30.7 Å². The number of carbonyl (C=O) groups excluding carboxylic acids is 2. The molecule has 6 heteroatoms. The van der Waals surface area contributed by atoms with Crippen LogP contribution in [0.3, 0.4) is 0 Å². The van der Waals surface area contributed by atoms with Crippen molar-refractivity contribution in [2.75, 3.05) is 26.3 Å². The number of ether oxygens (including phenoxy) is 2. The molecule has 1 aliphatic rings. The molecule has 0 aliphatic carbocycles. The predicted molar refractivity (Wildman–Crippen MR) is 86.1 cm³/mol. The minimum atomic E-state index is -0.792. The largest absolute Gasteiger partial charge is 0.449 e. The van der Waals surface area contributed by atoms with Crippen LogP contribution in [0.2, 0.25) is 0 Å². The summed E-state index contributed by atoms with van der Waals surface area (Å²) in [5.74, 6) is -0.717. The van der Waals surface area contributed by atoms with E-state index in [9.17, 15) is 9.59 Å². The predicted octanol–water partition coefficient (Wildman–Crippen LogP) is 2.25. The Bertz CT molecular complexity index is 550. The lowest BCUT2D eigenvalue weighted by molar-refractivity contribution is -0.157. The minimum absolute atomic E-state index is 0.186. The molecule has 1 amide bonds. The summed E-state index contributed by atoms with van der Waals surface area (Å²) >= 11 is 3.35. The second-order valence-corrected chi connectivity index (χ2v) is 5.82. The van der Waals surface area contributed by atoms with Crippen LogP contribution in [0.4, 0.5) is 0 Å². The van der Waals surface area contributed by atoms with E-state index in [4.69, 9.17) is 9.47 Å². The molecule has 0 bridgehead atoms. The van der Waals surface area contributed by atoms with Gasteiger partial charge in [0, 0.05) is 23.6 Å². The van der Waals surface area contributed by atoms with Crippen molar-refractivity contribution in [1.82, 2.24) is 4.90 Å². The van der Waals surface area contributed by atoms with E-state index in [1.54, 1.807) is 17.9 Å². The Kier molecular flexibility index (Phi) is 6.15. The molecule has 1 aliphatic heterocycles. The molecule has 1 aromatic carbocycles. The lowest BCUT2D eigenvalue weighted by atomic mass is 10.2. The third kappa shape index (κ3) is 4.96. The molecular formula is C16H18BrNO4. The van der Waals surface area contributed by atoms with Crippen LogP contribution in [0.5, 0.6) is 0 Å². The Hall–Kier alpha value is -1.66. The van der Waals surface area contributed by atoms with Gasteiger partial charge in [-0.3, -0.25) is 4.79 Å². The van der Waals surface area contributed by atoms with Gasteiger partial charge in [0.15, 0.2) is 6.10 Å². The molecule has 1 atom stereocenters. The number of hydrogen-bond donors (Lipinski definition) is 0. The number of carbonyl (C=O) groups is 2. The Morgan fingerprint density at radius 2 is 1.91 bits per heavy atom. The quantitative estimate of drug-likeness (QED) is 0.604. The average Bonchev–Trinajstić information content (AvgIpc) is 2.54. The number of morpholine rings is 1. The van der Waals surface area contributed by atoms with E-state index >= 15 is 0 Å². The Morgan fingerprint density at radius 1 is 1.27 bits per heavy atom. The Balaban J connectivity index is 1.85. The fraction of sp³-hybridized carbons (Fsp3) is 0.375. The highest BCUT2D eigenvalue weighted by Crippen LogP contribution is 2.11. The maximum absolute atomic E-state index is 12.1. The van der Waals surface area contributed by atoms with Gasteiger partial charge in [-0.2, -0.15) is 0 Å². The highest BCUT2D eigenvalue weighted by atomic mass is 79.9. The zero-order valence-corrected chi connectivity index (χ0v) is 13.9. The molecule has 0 spiro atoms. The van der Waals surface area contributed by atoms with E-state index in [0.717, 1.165) is 10.0 Å². The van der Waals surface area contributed by atoms with Crippen molar-refractivity contribution in [2.45, 2.75) is 13.0 Å². The lowest BCUT2D eigenvalue weighted by Crippen LogP contribution is -2.45. The van der Waals surface area contributed by atoms with Crippen molar-refractivity contribution in [2.24, 2.45) is 0 Å². The summed E-state index contributed by atoms with van der Waals surface area (Å²) in [7, 11) is 0. The number of benzene rings is 1. The SMILES string of the molecule is CC(OC(=O)/C=C/c1ccc(Br)cc1)C(=O)N1CCOCC1. The van der Waals surface area contributed by atoms with Crippen molar-refractivity contribution in [3.05, 3.63) is 40.4 Å². The van der Waals surface area contributed by atoms with Crippen LogP contribution in [0, 0.1) is 0 Å². The number of esters is 1. The summed E-state index contributed by atoms with van der Waals surface area (Å²) in [5.41, 5.74) is 0.882. The molecular weight excluding hydrogens is 350 g/mol. The molecule has 1 aromatic rings. The van der Waals surface area contributed by atoms with Gasteiger partial charge in [-0.15, -0.1) is 0 Å². The molecule has 1 fully saturated rings. The molecule has 5 nitrogen and oxygen atoms in total. The molecule has 118 valence electrons. The van der Waals surface area contributed by atoms with E-state index in [-0.39, 0.29) is 5.91 Å². The number of halogens is 1. The maximum atomic E-state index is 12.1. The number of hydrogen-bond acceptors (Lipinski definition) is 4. The smallest absolute Gasteiger partial charge is 0.331 e. The van der Waals surface area contributed by atoms with E-state index in [2.05, 4.69) is 15.9 Å². The summed E-state index contributed by atoms with van der Waals surface area (Å²) in [6, 6.07) is 7.51. The first-order valence-electron chi connectivity index (χ1n) is 7.07. The molecule has 0 aromatic heterocycles. The van der Waals surface area contributed by atoms with Crippen molar-refractivity contribution in [1.29, 1.82) is 0 Å². The average molecular weight is 368 g/mol. The zero-order chi connectivity index (χ0) is 15.9. The number of rotatable bonds is 4. The summed E-state index contributed by atoms with van der Waals surface area (Å²) in [6.07, 6.45) is 2.19. The molecule has 1 saturated heterocycles. The third-order valence-corrected chi connectivity index (χ3v) is 3.77. The van der Waals surface area contributed by atoms with Gasteiger partial charge >= 0.3 is 5.97 Å². The second kappa shape index (κ2) is 8.10. The van der Waals surface area contributed by atoms with E-state index < -0.39 is 12.1 Å². The van der Waals surface area contributed by atoms with Crippen LogP contribution in [0.1, 0.15) is 12.5 Å². The van der Waals surface area contributed by atoms with E-state index in [1.807, 2.05) is 24.3 Å². The van der Waals surface area contributed by atoms with Crippen LogP contribution >= 0.6 is 15.9 Å². The first-order chi connectivity index (χ1) is 10.6. The minimum Gasteiger partial charge on any atom is -0.449 e. The highest BCUT2D eigenvalue weighted by Gasteiger charge is 2.24. The topological polar surface area (TPSA) is 55.8 Å². The van der Waals surface area contributed by atoms with Crippen molar-refractivity contribution < 1.29 is 19.1 Å². The molecule has 1 unspecified atom stereocenters. The van der Waals surface area contributed by atoms with Crippen LogP contribution in [0.25, 0.3) is 6.08 Å². The first kappa shape index (κ1) is 16.7. The van der Waals surface area contributed by atoms with Crippen molar-refractivity contribution >= 4 is 33.9 Å². The van der Waals surface area contributed by atoms with Gasteiger partial charge in [0.2, 0.25) is 0 Å². The van der Waals surface area contributed by atoms with Crippen molar-refractivity contribution in [3.8, 4) is 0 Å². The summed E-state index contributed by atoms with van der Waals surface area (Å²) < 4.78 is 11.3. The van der Waals surface area contributed by atoms with Crippen LogP contribution in [-0.4, -0.2) is 49.2 Å². The van der Waals surface area contributed by atoms with Gasteiger partial charge in [-0.1, -0.05) is 28.1 Å². The van der Waals surface area contributed by atoms with Crippen molar-refractivity contribution in [3.63, 3.8) is 0 Å². The Labute approximate surface area is 138 Å². The normalized spacial score (nSPS) is 16.5. The van der Waals surface area contributed by atoms with Gasteiger partial charge in [0.05, 0.1) is 13.2 Å². The Morgan fingerprint density at radius 3 is 2.55 bits per heavy atom. The first-order valence-corrected chi connectivity index (χ1v) is 7.86. The van der Waals surface area contributed by atoms with E-state index in [0.29, 0.717) is 26.3 Å². The lowest BCUT2D eigenvalue weighted by Gasteiger charge is -2.28.